The molecule has 0 spiro atoms. The molecule has 5 rings (SSSR count). The van der Waals surface area contributed by atoms with E-state index in [1.54, 1.807) is 18.2 Å². The van der Waals surface area contributed by atoms with Crippen LogP contribution in [-0.2, 0) is 6.54 Å². The van der Waals surface area contributed by atoms with Crippen LogP contribution in [0.4, 0.5) is 0 Å². The Kier molecular flexibility index (Phi) is 4.54. The molecule has 0 N–H and O–H groups in total. The third kappa shape index (κ3) is 3.19. The molecule has 0 atom stereocenters. The van der Waals surface area contributed by atoms with E-state index in [9.17, 15) is 4.79 Å². The van der Waals surface area contributed by atoms with E-state index in [0.717, 1.165) is 31.9 Å². The van der Waals surface area contributed by atoms with Crippen LogP contribution in [0.5, 0.6) is 0 Å². The van der Waals surface area contributed by atoms with Gasteiger partial charge >= 0.3 is 0 Å². The minimum absolute atomic E-state index is 0.0933. The molecule has 0 aliphatic heterocycles. The van der Waals surface area contributed by atoms with Gasteiger partial charge in [0.25, 0.3) is 0 Å². The summed E-state index contributed by atoms with van der Waals surface area (Å²) in [5.41, 5.74) is 4.32. The number of carbonyl (C=O) groups excluding carboxylic acids is 1. The largest absolute Gasteiger partial charge is 0.316 e. The number of nitrogens with zero attached hydrogens (tertiary/aromatic N) is 3. The van der Waals surface area contributed by atoms with Gasteiger partial charge in [-0.1, -0.05) is 51.3 Å². The Balaban J connectivity index is 1.74. The molecule has 2 heterocycles. The van der Waals surface area contributed by atoms with Crippen molar-refractivity contribution in [2.75, 3.05) is 0 Å². The van der Waals surface area contributed by atoms with Gasteiger partial charge < -0.3 is 4.57 Å². The van der Waals surface area contributed by atoms with Crippen molar-refractivity contribution in [3.63, 3.8) is 0 Å². The normalized spacial score (nSPS) is 11.6. The number of para-hydroxylation sites is 2. The van der Waals surface area contributed by atoms with E-state index in [2.05, 4.69) is 15.9 Å². The summed E-state index contributed by atoms with van der Waals surface area (Å²) in [7, 11) is 0. The zero-order valence-corrected chi connectivity index (χ0v) is 18.0. The molecule has 3 aromatic carbocycles. The number of carbonyl (C=O) groups is 1. The van der Waals surface area contributed by atoms with Gasteiger partial charge in [-0.2, -0.15) is 0 Å². The molecule has 0 bridgehead atoms. The van der Waals surface area contributed by atoms with Gasteiger partial charge in [0.1, 0.15) is 5.52 Å². The zero-order chi connectivity index (χ0) is 20.1. The lowest BCUT2D eigenvalue weighted by Gasteiger charge is -2.08. The van der Waals surface area contributed by atoms with E-state index in [1.165, 1.54) is 0 Å². The highest BCUT2D eigenvalue weighted by molar-refractivity contribution is 9.10. The first kappa shape index (κ1) is 18.6. The highest BCUT2D eigenvalue weighted by Crippen LogP contribution is 2.31. The van der Waals surface area contributed by atoms with E-state index < -0.39 is 0 Å². The number of halogens is 3. The number of Topliss-reactive ketones (excluding diaryl/α,β-unsaturated/α-hetero) is 1. The van der Waals surface area contributed by atoms with Gasteiger partial charge in [0.15, 0.2) is 11.4 Å². The summed E-state index contributed by atoms with van der Waals surface area (Å²) >= 11 is 15.7. The second-order valence-corrected chi connectivity index (χ2v) is 8.44. The molecule has 0 aliphatic rings. The second-order valence-electron chi connectivity index (χ2n) is 6.68. The number of aromatic nitrogens is 3. The topological polar surface area (TPSA) is 47.8 Å². The zero-order valence-electron chi connectivity index (χ0n) is 14.9. The van der Waals surface area contributed by atoms with Crippen LogP contribution in [-0.4, -0.2) is 20.3 Å². The van der Waals surface area contributed by atoms with E-state index in [1.807, 2.05) is 47.0 Å². The fraction of sp³-hybridized carbons (Fsp3) is 0.0455. The van der Waals surface area contributed by atoms with Crippen LogP contribution in [0.2, 0.25) is 10.0 Å². The van der Waals surface area contributed by atoms with Crippen LogP contribution in [0.3, 0.4) is 0 Å². The number of hydrogen-bond acceptors (Lipinski definition) is 3. The summed E-state index contributed by atoms with van der Waals surface area (Å²) in [6.45, 7) is 0.0933. The van der Waals surface area contributed by atoms with Gasteiger partial charge in [-0.15, -0.1) is 0 Å². The first-order valence-electron chi connectivity index (χ1n) is 8.84. The molecule has 2 aromatic heterocycles. The van der Waals surface area contributed by atoms with Crippen LogP contribution < -0.4 is 0 Å². The molecule has 0 unspecified atom stereocenters. The molecule has 0 saturated carbocycles. The van der Waals surface area contributed by atoms with Gasteiger partial charge in [-0.3, -0.25) is 4.79 Å². The molecule has 7 heteroatoms. The Hall–Kier alpha value is -2.47. The second kappa shape index (κ2) is 7.10. The summed E-state index contributed by atoms with van der Waals surface area (Å²) in [5, 5.41) is 1.76. The SMILES string of the molecule is O=C(Cn1c2ccc(Br)cc2c2nc3ccccc3nc21)c1ccc(Cl)cc1Cl. The van der Waals surface area contributed by atoms with E-state index in [0.29, 0.717) is 21.3 Å². The maximum atomic E-state index is 13.1. The molecule has 4 nitrogen and oxygen atoms in total. The van der Waals surface area contributed by atoms with Crippen LogP contribution in [0.15, 0.2) is 65.1 Å². The Bertz CT molecular complexity index is 1450. The van der Waals surface area contributed by atoms with Crippen molar-refractivity contribution in [3.8, 4) is 0 Å². The average Bonchev–Trinajstić information content (AvgIpc) is 2.98. The predicted molar refractivity (Wildman–Crippen MR) is 121 cm³/mol. The smallest absolute Gasteiger partial charge is 0.184 e. The number of hydrogen-bond donors (Lipinski definition) is 0. The number of rotatable bonds is 3. The van der Waals surface area contributed by atoms with Gasteiger partial charge in [-0.25, -0.2) is 9.97 Å². The molecule has 0 fully saturated rings. The fourth-order valence-electron chi connectivity index (χ4n) is 3.51. The van der Waals surface area contributed by atoms with Crippen molar-refractivity contribution >= 4 is 78.0 Å². The molecule has 29 heavy (non-hydrogen) atoms. The number of ketones is 1. The van der Waals surface area contributed by atoms with Gasteiger partial charge in [0, 0.05) is 20.4 Å². The first-order valence-corrected chi connectivity index (χ1v) is 10.4. The Morgan fingerprint density at radius 3 is 2.48 bits per heavy atom. The van der Waals surface area contributed by atoms with Crippen molar-refractivity contribution in [1.82, 2.24) is 14.5 Å². The van der Waals surface area contributed by atoms with Crippen molar-refractivity contribution in [2.45, 2.75) is 6.54 Å². The minimum Gasteiger partial charge on any atom is -0.316 e. The molecule has 5 aromatic rings. The third-order valence-corrected chi connectivity index (χ3v) is 5.89. The predicted octanol–water partition coefficient (Wildman–Crippen LogP) is 6.69. The van der Waals surface area contributed by atoms with Crippen molar-refractivity contribution in [3.05, 3.63) is 80.7 Å². The first-order chi connectivity index (χ1) is 14.0. The third-order valence-electron chi connectivity index (χ3n) is 4.85. The van der Waals surface area contributed by atoms with Crippen molar-refractivity contribution in [2.24, 2.45) is 0 Å². The van der Waals surface area contributed by atoms with Gasteiger partial charge in [-0.05, 0) is 48.5 Å². The molecule has 0 saturated heterocycles. The van der Waals surface area contributed by atoms with Crippen LogP contribution >= 0.6 is 39.1 Å². The Morgan fingerprint density at radius 2 is 1.72 bits per heavy atom. The lowest BCUT2D eigenvalue weighted by atomic mass is 10.1. The molecule has 0 radical (unpaired) electrons. The maximum absolute atomic E-state index is 13.1. The van der Waals surface area contributed by atoms with Crippen molar-refractivity contribution < 1.29 is 4.79 Å². The highest BCUT2D eigenvalue weighted by Gasteiger charge is 2.19. The lowest BCUT2D eigenvalue weighted by Crippen LogP contribution is -2.11. The fourth-order valence-corrected chi connectivity index (χ4v) is 4.39. The Labute approximate surface area is 184 Å². The summed E-state index contributed by atoms with van der Waals surface area (Å²) < 4.78 is 2.83. The maximum Gasteiger partial charge on any atom is 0.184 e. The van der Waals surface area contributed by atoms with Crippen LogP contribution in [0.1, 0.15) is 10.4 Å². The summed E-state index contributed by atoms with van der Waals surface area (Å²) in [6, 6.07) is 18.5. The van der Waals surface area contributed by atoms with E-state index in [4.69, 9.17) is 33.2 Å². The van der Waals surface area contributed by atoms with E-state index in [-0.39, 0.29) is 12.3 Å². The monoisotopic (exact) mass is 483 g/mol. The summed E-state index contributed by atoms with van der Waals surface area (Å²) in [5.74, 6) is -0.122. The van der Waals surface area contributed by atoms with Gasteiger partial charge in [0.2, 0.25) is 0 Å². The van der Waals surface area contributed by atoms with Crippen LogP contribution in [0, 0.1) is 0 Å². The quantitative estimate of drug-likeness (QED) is 0.268. The Morgan fingerprint density at radius 1 is 0.966 bits per heavy atom. The summed E-state index contributed by atoms with van der Waals surface area (Å²) in [4.78, 5) is 22.7. The number of fused-ring (bicyclic) bond motifs is 4. The standard InChI is InChI=1S/C22H12BrCl2N3O/c23-12-5-8-19-15(9-12)21-22(27-18-4-2-1-3-17(18)26-21)28(19)11-20(29)14-7-6-13(24)10-16(14)25/h1-10H,11H2. The molecular weight excluding hydrogens is 473 g/mol. The molecule has 142 valence electrons. The van der Waals surface area contributed by atoms with Crippen LogP contribution in [0.25, 0.3) is 33.1 Å². The van der Waals surface area contributed by atoms with Crippen molar-refractivity contribution in [1.29, 1.82) is 0 Å². The highest BCUT2D eigenvalue weighted by atomic mass is 79.9. The summed E-state index contributed by atoms with van der Waals surface area (Å²) in [6.07, 6.45) is 0. The minimum atomic E-state index is -0.122. The molecular formula is C22H12BrCl2N3O. The van der Waals surface area contributed by atoms with Gasteiger partial charge in [0.05, 0.1) is 28.1 Å². The molecule has 0 aliphatic carbocycles. The lowest BCUT2D eigenvalue weighted by molar-refractivity contribution is 0.0975. The molecule has 0 amide bonds. The number of benzene rings is 3. The van der Waals surface area contributed by atoms with E-state index >= 15 is 0 Å². The average molecular weight is 485 g/mol.